The number of halogens is 1. The minimum atomic E-state index is -0.734. The highest BCUT2D eigenvalue weighted by Crippen LogP contribution is 2.23. The molecule has 5 nitrogen and oxygen atoms in total. The summed E-state index contributed by atoms with van der Waals surface area (Å²) in [6.45, 7) is 5.41. The molecule has 4 atom stereocenters. The van der Waals surface area contributed by atoms with Crippen LogP contribution in [0.3, 0.4) is 0 Å². The third-order valence-corrected chi connectivity index (χ3v) is 7.01. The average Bonchev–Trinajstić information content (AvgIpc) is 2.69. The van der Waals surface area contributed by atoms with Crippen molar-refractivity contribution in [3.05, 3.63) is 35.6 Å². The fourth-order valence-electron chi connectivity index (χ4n) is 3.69. The number of rotatable bonds is 8. The lowest BCUT2D eigenvalue weighted by Crippen LogP contribution is -2.47. The normalized spacial score (nSPS) is 22.7. The molecule has 1 aliphatic carbocycles. The smallest absolute Gasteiger partial charge is 0.191 e. The van der Waals surface area contributed by atoms with Crippen LogP contribution in [-0.4, -0.2) is 59.3 Å². The maximum absolute atomic E-state index is 13.3. The predicted molar refractivity (Wildman–Crippen MR) is 117 cm³/mol. The molecular weight excluding hydrogens is 375 g/mol. The van der Waals surface area contributed by atoms with Gasteiger partial charge in [0.25, 0.3) is 0 Å². The number of nitrogens with one attached hydrogen (secondary N) is 2. The van der Waals surface area contributed by atoms with Gasteiger partial charge in [0, 0.05) is 34.4 Å². The van der Waals surface area contributed by atoms with Crippen LogP contribution in [0.2, 0.25) is 0 Å². The molecule has 0 saturated heterocycles. The second kappa shape index (κ2) is 11.5. The van der Waals surface area contributed by atoms with E-state index in [1.807, 2.05) is 33.2 Å². The Hall–Kier alpha value is -1.47. The Morgan fingerprint density at radius 2 is 2.00 bits per heavy atom. The topological polar surface area (TPSA) is 56.7 Å². The van der Waals surface area contributed by atoms with Gasteiger partial charge < -0.3 is 15.5 Å². The summed E-state index contributed by atoms with van der Waals surface area (Å²) >= 11 is 0. The van der Waals surface area contributed by atoms with E-state index in [2.05, 4.69) is 22.5 Å². The Kier molecular flexibility index (Phi) is 9.38. The first-order chi connectivity index (χ1) is 13.4. The van der Waals surface area contributed by atoms with Crippen molar-refractivity contribution in [3.8, 4) is 0 Å². The number of nitrogens with zero attached hydrogens (tertiary/aromatic N) is 2. The van der Waals surface area contributed by atoms with Gasteiger partial charge >= 0.3 is 0 Å². The van der Waals surface area contributed by atoms with Gasteiger partial charge in [-0.05, 0) is 58.0 Å². The third-order valence-electron chi connectivity index (χ3n) is 5.27. The number of hydrogen-bond acceptors (Lipinski definition) is 3. The van der Waals surface area contributed by atoms with Crippen molar-refractivity contribution >= 4 is 16.8 Å². The van der Waals surface area contributed by atoms with E-state index in [0.717, 1.165) is 49.5 Å². The third kappa shape index (κ3) is 6.85. The van der Waals surface area contributed by atoms with Crippen molar-refractivity contribution in [2.75, 3.05) is 32.9 Å². The van der Waals surface area contributed by atoms with Crippen LogP contribution < -0.4 is 10.6 Å². The van der Waals surface area contributed by atoms with Crippen LogP contribution in [0.1, 0.15) is 51.1 Å². The van der Waals surface area contributed by atoms with Gasteiger partial charge in [0.1, 0.15) is 5.82 Å². The maximum Gasteiger partial charge on any atom is 0.191 e. The average molecular weight is 411 g/mol. The van der Waals surface area contributed by atoms with Crippen molar-refractivity contribution in [1.82, 2.24) is 15.5 Å². The monoisotopic (exact) mass is 410 g/mol. The Balaban J connectivity index is 2.05. The first-order valence-corrected chi connectivity index (χ1v) is 11.7. The van der Waals surface area contributed by atoms with Crippen molar-refractivity contribution < 1.29 is 8.60 Å². The fraction of sp³-hybridized carbons (Fsp3) is 0.667. The number of hydrogen-bond donors (Lipinski definition) is 2. The lowest BCUT2D eigenvalue weighted by molar-refractivity contribution is 0.305. The van der Waals surface area contributed by atoms with Gasteiger partial charge in [-0.2, -0.15) is 0 Å². The van der Waals surface area contributed by atoms with Crippen LogP contribution in [0.4, 0.5) is 4.39 Å². The van der Waals surface area contributed by atoms with Crippen LogP contribution in [0, 0.1) is 5.82 Å². The quantitative estimate of drug-likeness (QED) is 0.511. The van der Waals surface area contributed by atoms with Crippen LogP contribution in [0.5, 0.6) is 0 Å². The standard InChI is InChI=1S/C21H35FN4OS/c1-5-23-21(25-18-8-7-9-19(14-18)28(27)6-2)24-15-20(26(3)4)16-10-12-17(22)13-11-16/h10-13,18-20H,5-9,14-15H2,1-4H3,(H2,23,24,25). The Labute approximate surface area is 171 Å². The summed E-state index contributed by atoms with van der Waals surface area (Å²) in [6.07, 6.45) is 4.17. The number of benzene rings is 1. The highest BCUT2D eigenvalue weighted by molar-refractivity contribution is 7.85. The van der Waals surface area contributed by atoms with Crippen LogP contribution in [0.15, 0.2) is 29.3 Å². The van der Waals surface area contributed by atoms with Gasteiger partial charge in [0.05, 0.1) is 12.6 Å². The molecule has 0 radical (unpaired) electrons. The van der Waals surface area contributed by atoms with Gasteiger partial charge in [-0.1, -0.05) is 25.5 Å². The fourth-order valence-corrected chi connectivity index (χ4v) is 5.04. The summed E-state index contributed by atoms with van der Waals surface area (Å²) in [5.74, 6) is 1.30. The van der Waals surface area contributed by atoms with E-state index in [9.17, 15) is 8.60 Å². The molecule has 0 aromatic heterocycles. The summed E-state index contributed by atoms with van der Waals surface area (Å²) in [5.41, 5.74) is 1.04. The molecule has 1 aromatic rings. The van der Waals surface area contributed by atoms with Gasteiger partial charge in [0.2, 0.25) is 0 Å². The summed E-state index contributed by atoms with van der Waals surface area (Å²) in [4.78, 5) is 6.90. The van der Waals surface area contributed by atoms with E-state index in [-0.39, 0.29) is 17.1 Å². The van der Waals surface area contributed by atoms with Crippen molar-refractivity contribution in [2.45, 2.75) is 56.9 Å². The minimum Gasteiger partial charge on any atom is -0.357 e. The van der Waals surface area contributed by atoms with Gasteiger partial charge in [-0.3, -0.25) is 9.20 Å². The number of guanidine groups is 1. The van der Waals surface area contributed by atoms with Crippen molar-refractivity contribution in [1.29, 1.82) is 0 Å². The number of aliphatic imine (C=N–C) groups is 1. The molecular formula is C21H35FN4OS. The lowest BCUT2D eigenvalue weighted by Gasteiger charge is -2.30. The van der Waals surface area contributed by atoms with E-state index in [1.165, 1.54) is 12.1 Å². The van der Waals surface area contributed by atoms with E-state index in [1.54, 1.807) is 0 Å². The largest absolute Gasteiger partial charge is 0.357 e. The van der Waals surface area contributed by atoms with Gasteiger partial charge in [-0.15, -0.1) is 0 Å². The summed E-state index contributed by atoms with van der Waals surface area (Å²) in [7, 11) is 3.28. The lowest BCUT2D eigenvalue weighted by atomic mass is 9.95. The molecule has 7 heteroatoms. The molecule has 1 fully saturated rings. The molecule has 0 bridgehead atoms. The Bertz CT molecular complexity index is 650. The highest BCUT2D eigenvalue weighted by atomic mass is 32.2. The van der Waals surface area contributed by atoms with E-state index in [0.29, 0.717) is 12.6 Å². The SMILES string of the molecule is CCNC(=NCC(c1ccc(F)cc1)N(C)C)NC1CCCC(S(=O)CC)C1. The molecule has 2 N–H and O–H groups in total. The first kappa shape index (κ1) is 22.8. The van der Waals surface area contributed by atoms with Gasteiger partial charge in [0.15, 0.2) is 5.96 Å². The minimum absolute atomic E-state index is 0.0720. The zero-order chi connectivity index (χ0) is 20.5. The molecule has 1 aliphatic rings. The Morgan fingerprint density at radius 1 is 1.29 bits per heavy atom. The van der Waals surface area contributed by atoms with Crippen molar-refractivity contribution in [3.63, 3.8) is 0 Å². The van der Waals surface area contributed by atoms with Crippen LogP contribution in [0.25, 0.3) is 0 Å². The summed E-state index contributed by atoms with van der Waals surface area (Å²) in [6, 6.07) is 7.01. The highest BCUT2D eigenvalue weighted by Gasteiger charge is 2.26. The van der Waals surface area contributed by atoms with Gasteiger partial charge in [-0.25, -0.2) is 4.39 Å². The van der Waals surface area contributed by atoms with Crippen LogP contribution >= 0.6 is 0 Å². The maximum atomic E-state index is 13.3. The second-order valence-corrected chi connectivity index (χ2v) is 9.56. The molecule has 0 amide bonds. The zero-order valence-corrected chi connectivity index (χ0v) is 18.4. The van der Waals surface area contributed by atoms with E-state index in [4.69, 9.17) is 4.99 Å². The van der Waals surface area contributed by atoms with Crippen LogP contribution in [-0.2, 0) is 10.8 Å². The molecule has 158 valence electrons. The summed E-state index contributed by atoms with van der Waals surface area (Å²) in [5, 5.41) is 7.16. The van der Waals surface area contributed by atoms with E-state index >= 15 is 0 Å². The molecule has 28 heavy (non-hydrogen) atoms. The summed E-state index contributed by atoms with van der Waals surface area (Å²) < 4.78 is 25.5. The molecule has 2 rings (SSSR count). The molecule has 1 aromatic carbocycles. The number of likely N-dealkylation sites (N-methyl/N-ethyl adjacent to an activating group) is 1. The molecule has 1 saturated carbocycles. The second-order valence-electron chi connectivity index (χ2n) is 7.55. The molecule has 0 aliphatic heterocycles. The predicted octanol–water partition coefficient (Wildman–Crippen LogP) is 3.06. The van der Waals surface area contributed by atoms with E-state index < -0.39 is 10.8 Å². The zero-order valence-electron chi connectivity index (χ0n) is 17.6. The van der Waals surface area contributed by atoms with Crippen molar-refractivity contribution in [2.24, 2.45) is 4.99 Å². The molecule has 0 heterocycles. The molecule has 4 unspecified atom stereocenters. The Morgan fingerprint density at radius 3 is 2.61 bits per heavy atom. The first-order valence-electron chi connectivity index (χ1n) is 10.3. The molecule has 0 spiro atoms.